The molecule has 2 aromatic carbocycles. The molecule has 0 bridgehead atoms. The molecule has 1 aliphatic rings. The first-order valence-electron chi connectivity index (χ1n) is 12.1. The zero-order valence-electron chi connectivity index (χ0n) is 19.9. The van der Waals surface area contributed by atoms with E-state index < -0.39 is 24.2 Å². The molecule has 34 heavy (non-hydrogen) atoms. The lowest BCUT2D eigenvalue weighted by atomic mass is 9.88. The van der Waals surface area contributed by atoms with Crippen molar-refractivity contribution in [3.8, 4) is 0 Å². The van der Waals surface area contributed by atoms with E-state index >= 15 is 0 Å². The number of aryl methyl sites for hydroxylation is 2. The molecule has 1 aliphatic carbocycles. The monoisotopic (exact) mass is 464 g/mol. The zero-order chi connectivity index (χ0) is 24.3. The molecule has 0 fully saturated rings. The van der Waals surface area contributed by atoms with Crippen molar-refractivity contribution in [2.75, 3.05) is 0 Å². The molecule has 1 amide bonds. The largest absolute Gasteiger partial charge is 0.478 e. The van der Waals surface area contributed by atoms with Crippen LogP contribution in [0.2, 0.25) is 0 Å². The maximum atomic E-state index is 11.8. The summed E-state index contributed by atoms with van der Waals surface area (Å²) in [7, 11) is 0. The fraction of sp³-hybridized carbons (Fsp3) is 0.429. The Bertz CT molecular complexity index is 900. The number of carbonyl (C=O) groups is 2. The van der Waals surface area contributed by atoms with E-state index in [1.165, 1.54) is 18.1 Å². The van der Waals surface area contributed by atoms with Crippen molar-refractivity contribution in [1.29, 1.82) is 0 Å². The standard InChI is InChI=1S/C28H36N2O4/c1-20(31)30-27-25(29)18-23(28(32)33)19-26(27)34-24(16-8-14-21-10-4-2-5-11-21)17-9-15-22-12-6-3-7-13-22/h2-7,10-13,19,24-27H,8-9,14-18,29H2,1H3,(H,30,31)(H,32,33)/t25-,26+,27+/m0/s1. The van der Waals surface area contributed by atoms with Gasteiger partial charge in [0.2, 0.25) is 5.91 Å². The van der Waals surface area contributed by atoms with E-state index in [0.717, 1.165) is 38.5 Å². The molecule has 3 atom stereocenters. The number of carboxylic acids is 1. The maximum Gasteiger partial charge on any atom is 0.331 e. The van der Waals surface area contributed by atoms with Crippen LogP contribution in [0.3, 0.4) is 0 Å². The quantitative estimate of drug-likeness (QED) is 0.440. The van der Waals surface area contributed by atoms with Gasteiger partial charge in [-0.2, -0.15) is 0 Å². The lowest BCUT2D eigenvalue weighted by Crippen LogP contribution is -2.57. The number of carbonyl (C=O) groups excluding carboxylic acids is 1. The fourth-order valence-corrected chi connectivity index (χ4v) is 4.56. The Morgan fingerprint density at radius 2 is 1.53 bits per heavy atom. The van der Waals surface area contributed by atoms with Crippen LogP contribution in [0.5, 0.6) is 0 Å². The maximum absolute atomic E-state index is 11.8. The number of amides is 1. The van der Waals surface area contributed by atoms with E-state index in [1.807, 2.05) is 36.4 Å². The number of ether oxygens (including phenoxy) is 1. The van der Waals surface area contributed by atoms with Gasteiger partial charge in [0.15, 0.2) is 0 Å². The minimum Gasteiger partial charge on any atom is -0.478 e. The molecule has 0 radical (unpaired) electrons. The van der Waals surface area contributed by atoms with E-state index in [4.69, 9.17) is 10.5 Å². The van der Waals surface area contributed by atoms with Gasteiger partial charge in [-0.3, -0.25) is 4.79 Å². The number of nitrogens with one attached hydrogen (secondary N) is 1. The molecule has 2 aromatic rings. The van der Waals surface area contributed by atoms with Gasteiger partial charge in [-0.1, -0.05) is 60.7 Å². The molecule has 0 aromatic heterocycles. The molecule has 0 heterocycles. The predicted molar refractivity (Wildman–Crippen MR) is 133 cm³/mol. The summed E-state index contributed by atoms with van der Waals surface area (Å²) >= 11 is 0. The fourth-order valence-electron chi connectivity index (χ4n) is 4.56. The van der Waals surface area contributed by atoms with Gasteiger partial charge in [0.05, 0.1) is 18.2 Å². The smallest absolute Gasteiger partial charge is 0.331 e. The number of hydrogen-bond donors (Lipinski definition) is 3. The molecule has 0 unspecified atom stereocenters. The third-order valence-corrected chi connectivity index (χ3v) is 6.30. The summed E-state index contributed by atoms with van der Waals surface area (Å²) in [6, 6.07) is 19.7. The van der Waals surface area contributed by atoms with Crippen molar-refractivity contribution in [1.82, 2.24) is 5.32 Å². The third-order valence-electron chi connectivity index (χ3n) is 6.30. The molecule has 0 saturated carbocycles. The number of carboxylic acid groups (broad SMARTS) is 1. The Labute approximate surface area is 202 Å². The highest BCUT2D eigenvalue weighted by Crippen LogP contribution is 2.25. The molecule has 4 N–H and O–H groups in total. The van der Waals surface area contributed by atoms with Crippen LogP contribution < -0.4 is 11.1 Å². The average Bonchev–Trinajstić information content (AvgIpc) is 2.82. The van der Waals surface area contributed by atoms with Crippen molar-refractivity contribution in [3.05, 3.63) is 83.4 Å². The van der Waals surface area contributed by atoms with Crippen LogP contribution in [0, 0.1) is 0 Å². The zero-order valence-corrected chi connectivity index (χ0v) is 19.9. The van der Waals surface area contributed by atoms with E-state index in [1.54, 1.807) is 6.08 Å². The minimum absolute atomic E-state index is 0.0646. The van der Waals surface area contributed by atoms with Crippen LogP contribution in [-0.4, -0.2) is 41.3 Å². The van der Waals surface area contributed by atoms with Gasteiger partial charge in [-0.05, 0) is 62.1 Å². The average molecular weight is 465 g/mol. The molecule has 0 spiro atoms. The number of benzene rings is 2. The number of aliphatic carboxylic acids is 1. The van der Waals surface area contributed by atoms with Crippen LogP contribution in [0.15, 0.2) is 72.3 Å². The van der Waals surface area contributed by atoms with Crippen molar-refractivity contribution in [2.24, 2.45) is 5.73 Å². The lowest BCUT2D eigenvalue weighted by Gasteiger charge is -2.36. The Kier molecular flexibility index (Phi) is 9.86. The third kappa shape index (κ3) is 8.12. The number of nitrogens with two attached hydrogens (primary N) is 1. The van der Waals surface area contributed by atoms with E-state index in [-0.39, 0.29) is 24.0 Å². The predicted octanol–water partition coefficient (Wildman–Crippen LogP) is 4.03. The first kappa shape index (κ1) is 25.7. The van der Waals surface area contributed by atoms with Gasteiger partial charge in [-0.25, -0.2) is 4.79 Å². The molecule has 6 heteroatoms. The highest BCUT2D eigenvalue weighted by atomic mass is 16.5. The molecule has 0 aliphatic heterocycles. The minimum atomic E-state index is -0.991. The van der Waals surface area contributed by atoms with Crippen LogP contribution in [0.25, 0.3) is 0 Å². The normalized spacial score (nSPS) is 20.1. The van der Waals surface area contributed by atoms with Gasteiger partial charge in [-0.15, -0.1) is 0 Å². The Hall–Kier alpha value is -2.96. The molecular weight excluding hydrogens is 428 g/mol. The molecule has 6 nitrogen and oxygen atoms in total. The van der Waals surface area contributed by atoms with Crippen molar-refractivity contribution >= 4 is 11.9 Å². The van der Waals surface area contributed by atoms with Gasteiger partial charge < -0.3 is 20.9 Å². The summed E-state index contributed by atoms with van der Waals surface area (Å²) < 4.78 is 6.50. The second kappa shape index (κ2) is 13.1. The molecule has 3 rings (SSSR count). The second-order valence-electron chi connectivity index (χ2n) is 9.07. The molecular formula is C28H36N2O4. The van der Waals surface area contributed by atoms with Crippen LogP contribution in [0.1, 0.15) is 50.2 Å². The van der Waals surface area contributed by atoms with Gasteiger partial charge in [0.25, 0.3) is 0 Å². The first-order valence-corrected chi connectivity index (χ1v) is 12.1. The summed E-state index contributed by atoms with van der Waals surface area (Å²) in [5, 5.41) is 12.4. The molecule has 182 valence electrons. The summed E-state index contributed by atoms with van der Waals surface area (Å²) in [6.45, 7) is 1.44. The van der Waals surface area contributed by atoms with Crippen LogP contribution in [-0.2, 0) is 27.2 Å². The Morgan fingerprint density at radius 3 is 2.00 bits per heavy atom. The summed E-state index contributed by atoms with van der Waals surface area (Å²) in [4.78, 5) is 23.5. The Morgan fingerprint density at radius 1 is 1.00 bits per heavy atom. The molecule has 0 saturated heterocycles. The topological polar surface area (TPSA) is 102 Å². The van der Waals surface area contributed by atoms with Gasteiger partial charge >= 0.3 is 5.97 Å². The second-order valence-corrected chi connectivity index (χ2v) is 9.07. The first-order chi connectivity index (χ1) is 16.4. The summed E-state index contributed by atoms with van der Waals surface area (Å²) in [6.07, 6.45) is 6.71. The van der Waals surface area contributed by atoms with Gasteiger partial charge in [0.1, 0.15) is 0 Å². The Balaban J connectivity index is 1.69. The van der Waals surface area contributed by atoms with E-state index in [9.17, 15) is 14.7 Å². The van der Waals surface area contributed by atoms with Crippen molar-refractivity contribution in [2.45, 2.75) is 76.2 Å². The SMILES string of the molecule is CC(=O)N[C@@H]1[C@@H](N)CC(C(=O)O)=C[C@H]1OC(CCCc1ccccc1)CCCc1ccccc1. The number of hydrogen-bond acceptors (Lipinski definition) is 4. The van der Waals surface area contributed by atoms with Crippen molar-refractivity contribution in [3.63, 3.8) is 0 Å². The van der Waals surface area contributed by atoms with Gasteiger partial charge in [0, 0.05) is 18.5 Å². The van der Waals surface area contributed by atoms with Crippen LogP contribution >= 0.6 is 0 Å². The van der Waals surface area contributed by atoms with Crippen molar-refractivity contribution < 1.29 is 19.4 Å². The summed E-state index contributed by atoms with van der Waals surface area (Å²) in [5.74, 6) is -1.19. The highest BCUT2D eigenvalue weighted by molar-refractivity contribution is 5.87. The lowest BCUT2D eigenvalue weighted by molar-refractivity contribution is -0.133. The highest BCUT2D eigenvalue weighted by Gasteiger charge is 2.35. The van der Waals surface area contributed by atoms with Crippen LogP contribution in [0.4, 0.5) is 0 Å². The number of rotatable bonds is 12. The van der Waals surface area contributed by atoms with E-state index in [2.05, 4.69) is 29.6 Å². The summed E-state index contributed by atoms with van der Waals surface area (Å²) in [5.41, 5.74) is 9.09. The van der Waals surface area contributed by atoms with E-state index in [0.29, 0.717) is 0 Å².